The van der Waals surface area contributed by atoms with E-state index in [9.17, 15) is 4.79 Å². The van der Waals surface area contributed by atoms with Gasteiger partial charge in [-0.15, -0.1) is 11.3 Å². The third-order valence-electron chi connectivity index (χ3n) is 5.49. The van der Waals surface area contributed by atoms with Crippen molar-refractivity contribution in [3.63, 3.8) is 0 Å². The Hall–Kier alpha value is -4.02. The molecule has 10 heteroatoms. The molecule has 0 atom stereocenters. The fraction of sp³-hybridized carbons (Fsp3) is 0.154. The SMILES string of the molecule is COc1cc(/C=N/N(C(=O)c2ccc3ncsc3c2)c2nc3ccc(C)cc3s2)cc(OC)c1OC. The Bertz CT molecular complexity index is 1580. The van der Waals surface area contributed by atoms with E-state index in [0.29, 0.717) is 33.5 Å². The molecule has 0 radical (unpaired) electrons. The van der Waals surface area contributed by atoms with Crippen molar-refractivity contribution in [1.82, 2.24) is 9.97 Å². The lowest BCUT2D eigenvalue weighted by molar-refractivity contribution is 0.0988. The average molecular weight is 519 g/mol. The van der Waals surface area contributed by atoms with E-state index in [1.165, 1.54) is 27.7 Å². The largest absolute Gasteiger partial charge is 0.493 e. The summed E-state index contributed by atoms with van der Waals surface area (Å²) < 4.78 is 18.2. The predicted octanol–water partition coefficient (Wildman–Crippen LogP) is 5.92. The van der Waals surface area contributed by atoms with E-state index >= 15 is 0 Å². The number of carbonyl (C=O) groups is 1. The molecule has 0 N–H and O–H groups in total. The normalized spacial score (nSPS) is 11.3. The van der Waals surface area contributed by atoms with Crippen LogP contribution in [0.15, 0.2) is 59.1 Å². The first-order chi connectivity index (χ1) is 17.5. The quantitative estimate of drug-likeness (QED) is 0.196. The number of rotatable bonds is 7. The van der Waals surface area contributed by atoms with Crippen LogP contribution in [0.2, 0.25) is 0 Å². The molecule has 1 amide bonds. The number of hydrogen-bond acceptors (Lipinski definition) is 9. The van der Waals surface area contributed by atoms with Gasteiger partial charge in [-0.3, -0.25) is 4.79 Å². The maximum absolute atomic E-state index is 13.7. The number of ether oxygens (including phenoxy) is 3. The lowest BCUT2D eigenvalue weighted by Crippen LogP contribution is -2.25. The van der Waals surface area contributed by atoms with Crippen LogP contribution in [0, 0.1) is 6.92 Å². The van der Waals surface area contributed by atoms with E-state index in [4.69, 9.17) is 19.2 Å². The van der Waals surface area contributed by atoms with Crippen molar-refractivity contribution in [2.75, 3.05) is 26.3 Å². The van der Waals surface area contributed by atoms with Gasteiger partial charge in [0, 0.05) is 11.1 Å². The molecule has 3 aromatic carbocycles. The molecule has 0 saturated heterocycles. The van der Waals surface area contributed by atoms with Crippen molar-refractivity contribution in [3.8, 4) is 17.2 Å². The molecule has 36 heavy (non-hydrogen) atoms. The van der Waals surface area contributed by atoms with E-state index in [-0.39, 0.29) is 5.91 Å². The number of thiazole rings is 2. The summed E-state index contributed by atoms with van der Waals surface area (Å²) in [6.07, 6.45) is 1.57. The second-order valence-electron chi connectivity index (χ2n) is 7.82. The minimum atomic E-state index is -0.301. The number of fused-ring (bicyclic) bond motifs is 2. The van der Waals surface area contributed by atoms with Crippen molar-refractivity contribution < 1.29 is 19.0 Å². The maximum atomic E-state index is 13.7. The fourth-order valence-electron chi connectivity index (χ4n) is 3.71. The van der Waals surface area contributed by atoms with Crippen LogP contribution in [0.5, 0.6) is 17.2 Å². The van der Waals surface area contributed by atoms with E-state index in [1.807, 2.05) is 37.3 Å². The van der Waals surface area contributed by atoms with E-state index in [1.54, 1.807) is 51.3 Å². The van der Waals surface area contributed by atoms with Crippen molar-refractivity contribution >= 4 is 60.4 Å². The van der Waals surface area contributed by atoms with Gasteiger partial charge in [-0.1, -0.05) is 17.4 Å². The topological polar surface area (TPSA) is 86.1 Å². The lowest BCUT2D eigenvalue weighted by atomic mass is 10.2. The molecule has 0 fully saturated rings. The van der Waals surface area contributed by atoms with Gasteiger partial charge in [0.05, 0.1) is 53.5 Å². The molecule has 0 aliphatic rings. The van der Waals surface area contributed by atoms with Crippen LogP contribution in [0.25, 0.3) is 20.4 Å². The Kier molecular flexibility index (Phi) is 6.53. The standard InChI is InChI=1S/C26H22N4O4S2/c1-15-5-7-19-23(9-15)36-26(29-19)30(25(31)17-6-8-18-22(12-17)35-14-27-18)28-13-16-10-20(32-2)24(34-4)21(11-16)33-3/h5-14H,1-4H3/b28-13+. The number of anilines is 1. The highest BCUT2D eigenvalue weighted by Crippen LogP contribution is 2.38. The summed E-state index contributed by atoms with van der Waals surface area (Å²) in [6, 6.07) is 14.9. The Morgan fingerprint density at radius 2 is 1.69 bits per heavy atom. The van der Waals surface area contributed by atoms with Crippen LogP contribution in [0.1, 0.15) is 21.5 Å². The molecule has 5 rings (SSSR count). The van der Waals surface area contributed by atoms with E-state index in [2.05, 4.69) is 10.1 Å². The van der Waals surface area contributed by atoms with Crippen molar-refractivity contribution in [3.05, 3.63) is 70.7 Å². The number of aryl methyl sites for hydroxylation is 1. The number of benzene rings is 3. The third-order valence-corrected chi connectivity index (χ3v) is 7.28. The minimum absolute atomic E-state index is 0.301. The van der Waals surface area contributed by atoms with Gasteiger partial charge >= 0.3 is 0 Å². The molecule has 0 saturated carbocycles. The number of amides is 1. The Balaban J connectivity index is 1.59. The molecule has 0 aliphatic heterocycles. The Labute approximate surface area is 215 Å². The number of hydrazone groups is 1. The second-order valence-corrected chi connectivity index (χ2v) is 9.72. The van der Waals surface area contributed by atoms with Crippen LogP contribution in [0.4, 0.5) is 5.13 Å². The van der Waals surface area contributed by atoms with Crippen molar-refractivity contribution in [2.24, 2.45) is 5.10 Å². The molecular formula is C26H22N4O4S2. The molecule has 5 aromatic rings. The summed E-state index contributed by atoms with van der Waals surface area (Å²) in [5, 5.41) is 6.37. The van der Waals surface area contributed by atoms with Gasteiger partial charge in [0.1, 0.15) is 0 Å². The predicted molar refractivity (Wildman–Crippen MR) is 144 cm³/mol. The second kappa shape index (κ2) is 9.92. The fourth-order valence-corrected chi connectivity index (χ4v) is 5.45. The number of hydrogen-bond donors (Lipinski definition) is 0. The molecule has 182 valence electrons. The Morgan fingerprint density at radius 3 is 2.42 bits per heavy atom. The van der Waals surface area contributed by atoms with Crippen LogP contribution >= 0.6 is 22.7 Å². The number of nitrogens with zero attached hydrogens (tertiary/aromatic N) is 4. The Morgan fingerprint density at radius 1 is 0.944 bits per heavy atom. The van der Waals surface area contributed by atoms with Gasteiger partial charge in [0.15, 0.2) is 11.5 Å². The van der Waals surface area contributed by atoms with Gasteiger partial charge in [-0.25, -0.2) is 9.97 Å². The minimum Gasteiger partial charge on any atom is -0.493 e. The molecule has 2 aromatic heterocycles. The number of aromatic nitrogens is 2. The molecular weight excluding hydrogens is 496 g/mol. The molecule has 0 unspecified atom stereocenters. The van der Waals surface area contributed by atoms with E-state index in [0.717, 1.165) is 26.0 Å². The third kappa shape index (κ3) is 4.48. The van der Waals surface area contributed by atoms with Crippen LogP contribution in [0.3, 0.4) is 0 Å². The maximum Gasteiger partial charge on any atom is 0.280 e. The zero-order valence-corrected chi connectivity index (χ0v) is 21.6. The van der Waals surface area contributed by atoms with Gasteiger partial charge in [-0.2, -0.15) is 10.1 Å². The number of methoxy groups -OCH3 is 3. The van der Waals surface area contributed by atoms with Gasteiger partial charge in [0.2, 0.25) is 10.9 Å². The summed E-state index contributed by atoms with van der Waals surface area (Å²) in [5.74, 6) is 1.15. The summed E-state index contributed by atoms with van der Waals surface area (Å²) in [5.41, 5.74) is 5.68. The molecule has 2 heterocycles. The summed E-state index contributed by atoms with van der Waals surface area (Å²) in [6.45, 7) is 2.02. The number of carbonyl (C=O) groups excluding carboxylic acids is 1. The molecule has 8 nitrogen and oxygen atoms in total. The highest BCUT2D eigenvalue weighted by Gasteiger charge is 2.22. The highest BCUT2D eigenvalue weighted by molar-refractivity contribution is 7.22. The molecule has 0 spiro atoms. The summed E-state index contributed by atoms with van der Waals surface area (Å²) in [4.78, 5) is 22.7. The summed E-state index contributed by atoms with van der Waals surface area (Å²) in [7, 11) is 4.64. The first kappa shape index (κ1) is 23.7. The molecule has 0 bridgehead atoms. The van der Waals surface area contributed by atoms with Gasteiger partial charge < -0.3 is 14.2 Å². The smallest absolute Gasteiger partial charge is 0.280 e. The lowest BCUT2D eigenvalue weighted by Gasteiger charge is -2.15. The summed E-state index contributed by atoms with van der Waals surface area (Å²) >= 11 is 2.89. The van der Waals surface area contributed by atoms with Gasteiger partial charge in [0.25, 0.3) is 5.91 Å². The monoisotopic (exact) mass is 518 g/mol. The van der Waals surface area contributed by atoms with Crippen molar-refractivity contribution in [2.45, 2.75) is 6.92 Å². The van der Waals surface area contributed by atoms with E-state index < -0.39 is 0 Å². The zero-order chi connectivity index (χ0) is 25.2. The van der Waals surface area contributed by atoms with Crippen LogP contribution < -0.4 is 19.2 Å². The van der Waals surface area contributed by atoms with Gasteiger partial charge in [-0.05, 0) is 55.0 Å². The highest BCUT2D eigenvalue weighted by atomic mass is 32.1. The van der Waals surface area contributed by atoms with Crippen LogP contribution in [-0.2, 0) is 0 Å². The van der Waals surface area contributed by atoms with Crippen LogP contribution in [-0.4, -0.2) is 43.4 Å². The average Bonchev–Trinajstić information content (AvgIpc) is 3.54. The first-order valence-electron chi connectivity index (χ1n) is 10.9. The zero-order valence-electron chi connectivity index (χ0n) is 20.0. The first-order valence-corrected chi connectivity index (χ1v) is 12.6. The molecule has 0 aliphatic carbocycles. The van der Waals surface area contributed by atoms with Crippen molar-refractivity contribution in [1.29, 1.82) is 0 Å².